The molecule has 0 amide bonds. The molecule has 6 heteroatoms. The van der Waals surface area contributed by atoms with Crippen molar-refractivity contribution in [2.75, 3.05) is 0 Å². The van der Waals surface area contributed by atoms with E-state index in [0.29, 0.717) is 41.9 Å². The number of halogens is 2. The Labute approximate surface area is 162 Å². The molecule has 0 saturated heterocycles. The van der Waals surface area contributed by atoms with E-state index in [0.717, 1.165) is 5.56 Å². The van der Waals surface area contributed by atoms with E-state index in [1.54, 1.807) is 12.1 Å². The van der Waals surface area contributed by atoms with E-state index in [2.05, 4.69) is 0 Å². The van der Waals surface area contributed by atoms with Gasteiger partial charge in [-0.25, -0.2) is 8.78 Å². The van der Waals surface area contributed by atoms with Crippen molar-refractivity contribution < 1.29 is 28.2 Å². The van der Waals surface area contributed by atoms with Crippen LogP contribution in [0.4, 0.5) is 8.78 Å². The number of carboxylic acids is 1. The SMILES string of the molecule is CC1(C)Cc2cc(F)cc(COc3ccc(C4(CC(=O)O)CC4)c(F)c3)c2O1. The van der Waals surface area contributed by atoms with Gasteiger partial charge in [0.25, 0.3) is 0 Å². The largest absolute Gasteiger partial charge is 0.489 e. The molecule has 0 unspecified atom stereocenters. The highest BCUT2D eigenvalue weighted by Gasteiger charge is 2.47. The first kappa shape index (κ1) is 18.7. The highest BCUT2D eigenvalue weighted by molar-refractivity contribution is 5.70. The third-order valence-electron chi connectivity index (χ3n) is 5.45. The summed E-state index contributed by atoms with van der Waals surface area (Å²) < 4.78 is 40.1. The van der Waals surface area contributed by atoms with Gasteiger partial charge in [-0.1, -0.05) is 6.07 Å². The van der Waals surface area contributed by atoms with Gasteiger partial charge in [-0.3, -0.25) is 4.79 Å². The second kappa shape index (κ2) is 6.47. The van der Waals surface area contributed by atoms with Gasteiger partial charge in [0.15, 0.2) is 0 Å². The number of rotatable bonds is 6. The minimum atomic E-state index is -0.930. The standard InChI is InChI=1S/C22H22F2O4/c1-21(2)10-13-7-15(23)8-14(20(13)28-21)12-27-16-3-4-17(18(24)9-16)22(5-6-22)11-19(25)26/h3-4,7-9H,5-6,10-12H2,1-2H3,(H,25,26). The summed E-state index contributed by atoms with van der Waals surface area (Å²) in [5.41, 5.74) is 0.793. The van der Waals surface area contributed by atoms with Crippen LogP contribution in [0.3, 0.4) is 0 Å². The van der Waals surface area contributed by atoms with Gasteiger partial charge in [-0.05, 0) is 50.5 Å². The minimum absolute atomic E-state index is 0.0508. The second-order valence-electron chi connectivity index (χ2n) is 8.37. The molecule has 2 aliphatic rings. The molecule has 0 atom stereocenters. The van der Waals surface area contributed by atoms with Crippen molar-refractivity contribution in [1.82, 2.24) is 0 Å². The van der Waals surface area contributed by atoms with Crippen LogP contribution in [-0.2, 0) is 23.2 Å². The molecule has 148 valence electrons. The monoisotopic (exact) mass is 388 g/mol. The Balaban J connectivity index is 1.51. The number of aliphatic carboxylic acids is 1. The smallest absolute Gasteiger partial charge is 0.304 e. The first-order valence-corrected chi connectivity index (χ1v) is 9.32. The molecular weight excluding hydrogens is 366 g/mol. The molecule has 1 heterocycles. The van der Waals surface area contributed by atoms with Gasteiger partial charge in [0.2, 0.25) is 0 Å². The normalized spacial score (nSPS) is 18.3. The Bertz CT molecular complexity index is 948. The summed E-state index contributed by atoms with van der Waals surface area (Å²) in [6, 6.07) is 7.33. The molecule has 1 aliphatic heterocycles. The molecule has 1 aliphatic carbocycles. The summed E-state index contributed by atoms with van der Waals surface area (Å²) >= 11 is 0. The van der Waals surface area contributed by atoms with E-state index >= 15 is 0 Å². The van der Waals surface area contributed by atoms with E-state index in [9.17, 15) is 13.6 Å². The summed E-state index contributed by atoms with van der Waals surface area (Å²) in [6.07, 6.45) is 1.87. The lowest BCUT2D eigenvalue weighted by Gasteiger charge is -2.18. The summed E-state index contributed by atoms with van der Waals surface area (Å²) in [4.78, 5) is 11.0. The van der Waals surface area contributed by atoms with Crippen molar-refractivity contribution in [3.63, 3.8) is 0 Å². The number of fused-ring (bicyclic) bond motifs is 1. The zero-order valence-corrected chi connectivity index (χ0v) is 15.9. The van der Waals surface area contributed by atoms with Gasteiger partial charge in [-0.15, -0.1) is 0 Å². The van der Waals surface area contributed by atoms with Crippen molar-refractivity contribution in [3.8, 4) is 11.5 Å². The average Bonchev–Trinajstić information content (AvgIpc) is 3.27. The van der Waals surface area contributed by atoms with Gasteiger partial charge in [0.1, 0.15) is 35.3 Å². The minimum Gasteiger partial charge on any atom is -0.489 e. The Morgan fingerprint density at radius 3 is 2.61 bits per heavy atom. The molecule has 4 rings (SSSR count). The molecule has 0 aromatic heterocycles. The van der Waals surface area contributed by atoms with Crippen molar-refractivity contribution >= 4 is 5.97 Å². The van der Waals surface area contributed by atoms with E-state index in [-0.39, 0.29) is 18.8 Å². The van der Waals surface area contributed by atoms with Crippen LogP contribution in [0.5, 0.6) is 11.5 Å². The third kappa shape index (κ3) is 3.55. The van der Waals surface area contributed by atoms with E-state index < -0.39 is 22.8 Å². The summed E-state index contributed by atoms with van der Waals surface area (Å²) in [7, 11) is 0. The van der Waals surface area contributed by atoms with Crippen LogP contribution < -0.4 is 9.47 Å². The van der Waals surface area contributed by atoms with Gasteiger partial charge < -0.3 is 14.6 Å². The summed E-state index contributed by atoms with van der Waals surface area (Å²) in [5, 5.41) is 9.05. The highest BCUT2D eigenvalue weighted by Crippen LogP contribution is 2.52. The van der Waals surface area contributed by atoms with Crippen LogP contribution >= 0.6 is 0 Å². The lowest BCUT2D eigenvalue weighted by atomic mass is 9.92. The maximum Gasteiger partial charge on any atom is 0.304 e. The predicted octanol–water partition coefficient (Wildman–Crippen LogP) is 4.76. The molecule has 2 aromatic rings. The molecule has 28 heavy (non-hydrogen) atoms. The van der Waals surface area contributed by atoms with Crippen molar-refractivity contribution in [2.45, 2.75) is 57.2 Å². The Hall–Kier alpha value is -2.63. The quantitative estimate of drug-likeness (QED) is 0.775. The van der Waals surface area contributed by atoms with Gasteiger partial charge >= 0.3 is 5.97 Å². The zero-order chi connectivity index (χ0) is 20.1. The Morgan fingerprint density at radius 2 is 1.96 bits per heavy atom. The molecule has 1 saturated carbocycles. The number of hydrogen-bond donors (Lipinski definition) is 1. The molecule has 2 aromatic carbocycles. The highest BCUT2D eigenvalue weighted by atomic mass is 19.1. The molecule has 1 N–H and O–H groups in total. The lowest BCUT2D eigenvalue weighted by molar-refractivity contribution is -0.137. The zero-order valence-electron chi connectivity index (χ0n) is 15.9. The molecular formula is C22H22F2O4. The Kier molecular flexibility index (Phi) is 4.32. The lowest BCUT2D eigenvalue weighted by Crippen LogP contribution is -2.25. The van der Waals surface area contributed by atoms with Crippen LogP contribution in [0.1, 0.15) is 49.8 Å². The van der Waals surface area contributed by atoms with Crippen LogP contribution in [-0.4, -0.2) is 16.7 Å². The fraction of sp³-hybridized carbons (Fsp3) is 0.409. The topological polar surface area (TPSA) is 55.8 Å². The number of hydrogen-bond acceptors (Lipinski definition) is 3. The van der Waals surface area contributed by atoms with Crippen molar-refractivity contribution in [3.05, 3.63) is 58.7 Å². The average molecular weight is 388 g/mol. The maximum absolute atomic E-state index is 14.6. The van der Waals surface area contributed by atoms with Crippen LogP contribution in [0.2, 0.25) is 0 Å². The number of ether oxygens (including phenoxy) is 2. The summed E-state index contributed by atoms with van der Waals surface area (Å²) in [5.74, 6) is -0.827. The van der Waals surface area contributed by atoms with Crippen molar-refractivity contribution in [1.29, 1.82) is 0 Å². The maximum atomic E-state index is 14.6. The van der Waals surface area contributed by atoms with E-state index in [1.165, 1.54) is 18.2 Å². The first-order valence-electron chi connectivity index (χ1n) is 9.32. The van der Waals surface area contributed by atoms with Crippen LogP contribution in [0.25, 0.3) is 0 Å². The second-order valence-corrected chi connectivity index (χ2v) is 8.37. The van der Waals surface area contributed by atoms with Crippen LogP contribution in [0, 0.1) is 11.6 Å². The van der Waals surface area contributed by atoms with Gasteiger partial charge in [0, 0.05) is 29.0 Å². The molecule has 1 fully saturated rings. The Morgan fingerprint density at radius 1 is 1.21 bits per heavy atom. The molecule has 4 nitrogen and oxygen atoms in total. The van der Waals surface area contributed by atoms with Crippen LogP contribution in [0.15, 0.2) is 30.3 Å². The van der Waals surface area contributed by atoms with E-state index in [1.807, 2.05) is 13.8 Å². The molecule has 0 spiro atoms. The third-order valence-corrected chi connectivity index (χ3v) is 5.45. The molecule has 0 radical (unpaired) electrons. The number of carbonyl (C=O) groups is 1. The fourth-order valence-electron chi connectivity index (χ4n) is 4.01. The van der Waals surface area contributed by atoms with E-state index in [4.69, 9.17) is 14.6 Å². The van der Waals surface area contributed by atoms with Crippen molar-refractivity contribution in [2.24, 2.45) is 0 Å². The predicted molar refractivity (Wildman–Crippen MR) is 98.7 cm³/mol. The summed E-state index contributed by atoms with van der Waals surface area (Å²) in [6.45, 7) is 3.93. The number of carboxylic acid groups (broad SMARTS) is 1. The number of benzene rings is 2. The van der Waals surface area contributed by atoms with Gasteiger partial charge in [-0.2, -0.15) is 0 Å². The fourth-order valence-corrected chi connectivity index (χ4v) is 4.01. The first-order chi connectivity index (χ1) is 13.2. The molecule has 0 bridgehead atoms. The van der Waals surface area contributed by atoms with Gasteiger partial charge in [0.05, 0.1) is 6.42 Å².